The number of nitrogens with one attached hydrogen (secondary N) is 1. The predicted molar refractivity (Wildman–Crippen MR) is 101 cm³/mol. The topological polar surface area (TPSA) is 99.2 Å². The summed E-state index contributed by atoms with van der Waals surface area (Å²) in [5.41, 5.74) is 6.80. The van der Waals surface area contributed by atoms with Crippen molar-refractivity contribution in [2.75, 3.05) is 5.73 Å². The summed E-state index contributed by atoms with van der Waals surface area (Å²) in [5, 5.41) is 6.94. The van der Waals surface area contributed by atoms with Crippen LogP contribution in [0.1, 0.15) is 45.3 Å². The minimum absolute atomic E-state index is 0.223. The fourth-order valence-electron chi connectivity index (χ4n) is 2.47. The van der Waals surface area contributed by atoms with Gasteiger partial charge in [0.2, 0.25) is 0 Å². The lowest BCUT2D eigenvalue weighted by Crippen LogP contribution is -2.45. The molecule has 2 rings (SSSR count). The lowest BCUT2D eigenvalue weighted by atomic mass is 10.1. The first kappa shape index (κ1) is 19.5. The molecule has 0 saturated heterocycles. The molecule has 26 heavy (non-hydrogen) atoms. The highest BCUT2D eigenvalue weighted by Gasteiger charge is 2.26. The number of benzene rings is 1. The summed E-state index contributed by atoms with van der Waals surface area (Å²) < 4.78 is 6.38. The number of hydrogen-bond acceptors (Lipinski definition) is 5. The van der Waals surface area contributed by atoms with Crippen LogP contribution in [0.3, 0.4) is 0 Å². The number of carbonyl (C=O) groups is 2. The number of aromatic nitrogens is 2. The Labute approximate surface area is 153 Å². The first-order valence-corrected chi connectivity index (χ1v) is 8.66. The first-order valence-electron chi connectivity index (χ1n) is 8.66. The number of rotatable bonds is 5. The highest BCUT2D eigenvalue weighted by atomic mass is 16.6. The van der Waals surface area contributed by atoms with Gasteiger partial charge in [0, 0.05) is 11.6 Å². The molecule has 1 atom stereocenters. The molecule has 0 spiro atoms. The van der Waals surface area contributed by atoms with Gasteiger partial charge in [0.15, 0.2) is 0 Å². The Morgan fingerprint density at radius 3 is 2.50 bits per heavy atom. The number of ether oxygens (including phenoxy) is 1. The molecule has 1 aromatic carbocycles. The van der Waals surface area contributed by atoms with Crippen LogP contribution in [-0.4, -0.2) is 33.4 Å². The van der Waals surface area contributed by atoms with Crippen LogP contribution in [0.5, 0.6) is 0 Å². The molecule has 0 fully saturated rings. The van der Waals surface area contributed by atoms with E-state index < -0.39 is 23.6 Å². The lowest BCUT2D eigenvalue weighted by Gasteiger charge is -2.23. The van der Waals surface area contributed by atoms with E-state index >= 15 is 0 Å². The van der Waals surface area contributed by atoms with Gasteiger partial charge in [-0.3, -0.25) is 4.79 Å². The van der Waals surface area contributed by atoms with Crippen molar-refractivity contribution in [3.8, 4) is 11.3 Å². The van der Waals surface area contributed by atoms with Crippen LogP contribution in [0, 0.1) is 0 Å². The molecule has 0 aliphatic heterocycles. The van der Waals surface area contributed by atoms with Crippen LogP contribution in [0.2, 0.25) is 0 Å². The second-order valence-electron chi connectivity index (χ2n) is 7.06. The normalized spacial score (nSPS) is 12.5. The van der Waals surface area contributed by atoms with Gasteiger partial charge < -0.3 is 15.8 Å². The van der Waals surface area contributed by atoms with E-state index in [-0.39, 0.29) is 5.82 Å². The summed E-state index contributed by atoms with van der Waals surface area (Å²) in [5.74, 6) is -0.168. The quantitative estimate of drug-likeness (QED) is 0.852. The van der Waals surface area contributed by atoms with Crippen molar-refractivity contribution in [2.45, 2.75) is 52.2 Å². The van der Waals surface area contributed by atoms with Gasteiger partial charge in [-0.05, 0) is 27.2 Å². The number of nitrogens with two attached hydrogens (primary N) is 1. The lowest BCUT2D eigenvalue weighted by molar-refractivity contribution is 0.0477. The zero-order chi connectivity index (χ0) is 19.3. The third-order valence-corrected chi connectivity index (χ3v) is 3.58. The average Bonchev–Trinajstić information content (AvgIpc) is 2.95. The van der Waals surface area contributed by atoms with E-state index in [1.165, 1.54) is 0 Å². The van der Waals surface area contributed by atoms with E-state index in [1.807, 2.05) is 37.3 Å². The van der Waals surface area contributed by atoms with Gasteiger partial charge in [0.1, 0.15) is 17.5 Å². The largest absolute Gasteiger partial charge is 0.444 e. The van der Waals surface area contributed by atoms with Crippen molar-refractivity contribution < 1.29 is 14.3 Å². The number of amides is 1. The van der Waals surface area contributed by atoms with Crippen LogP contribution < -0.4 is 11.1 Å². The van der Waals surface area contributed by atoms with Crippen molar-refractivity contribution in [1.82, 2.24) is 15.1 Å². The molecule has 7 heteroatoms. The molecule has 140 valence electrons. The van der Waals surface area contributed by atoms with Gasteiger partial charge in [-0.1, -0.05) is 43.7 Å². The van der Waals surface area contributed by atoms with E-state index in [2.05, 4.69) is 10.4 Å². The maximum absolute atomic E-state index is 12.9. The molecular formula is C19H26N4O3. The van der Waals surface area contributed by atoms with Crippen LogP contribution in [-0.2, 0) is 4.74 Å². The number of carbonyl (C=O) groups excluding carboxylic acids is 2. The predicted octanol–water partition coefficient (Wildman–Crippen LogP) is 3.47. The van der Waals surface area contributed by atoms with Crippen LogP contribution >= 0.6 is 0 Å². The number of alkyl carbamates (subject to hydrolysis) is 1. The van der Waals surface area contributed by atoms with Crippen LogP contribution in [0.25, 0.3) is 11.3 Å². The third kappa shape index (κ3) is 5.08. The number of nitrogen functional groups attached to an aromatic ring is 1. The molecule has 2 aromatic rings. The summed E-state index contributed by atoms with van der Waals surface area (Å²) >= 11 is 0. The minimum Gasteiger partial charge on any atom is -0.444 e. The summed E-state index contributed by atoms with van der Waals surface area (Å²) in [6, 6.07) is 10.3. The van der Waals surface area contributed by atoms with Gasteiger partial charge in [0.25, 0.3) is 5.91 Å². The van der Waals surface area contributed by atoms with Gasteiger partial charge in [-0.2, -0.15) is 9.78 Å². The van der Waals surface area contributed by atoms with Crippen molar-refractivity contribution in [3.63, 3.8) is 0 Å². The Morgan fingerprint density at radius 2 is 1.92 bits per heavy atom. The number of hydrogen-bond donors (Lipinski definition) is 2. The molecule has 1 unspecified atom stereocenters. The molecule has 1 amide bonds. The molecule has 0 bridgehead atoms. The molecule has 0 aliphatic rings. The average molecular weight is 358 g/mol. The van der Waals surface area contributed by atoms with Gasteiger partial charge >= 0.3 is 6.09 Å². The Kier molecular flexibility index (Phi) is 6.02. The molecule has 1 aromatic heterocycles. The summed E-state index contributed by atoms with van der Waals surface area (Å²) in [7, 11) is 0. The Balaban J connectivity index is 2.21. The van der Waals surface area contributed by atoms with Crippen molar-refractivity contribution >= 4 is 17.8 Å². The highest BCUT2D eigenvalue weighted by Crippen LogP contribution is 2.20. The monoisotopic (exact) mass is 358 g/mol. The SMILES string of the molecule is CCCC(NC(=O)OC(C)(C)C)C(=O)n1nc(-c2ccccc2)cc1N. The van der Waals surface area contributed by atoms with E-state index in [1.54, 1.807) is 26.8 Å². The van der Waals surface area contributed by atoms with E-state index in [0.717, 1.165) is 10.2 Å². The molecule has 0 aliphatic carbocycles. The summed E-state index contributed by atoms with van der Waals surface area (Å²) in [6.07, 6.45) is 0.523. The Morgan fingerprint density at radius 1 is 1.27 bits per heavy atom. The molecule has 3 N–H and O–H groups in total. The van der Waals surface area contributed by atoms with E-state index in [4.69, 9.17) is 10.5 Å². The van der Waals surface area contributed by atoms with E-state index in [9.17, 15) is 9.59 Å². The second-order valence-corrected chi connectivity index (χ2v) is 7.06. The van der Waals surface area contributed by atoms with Crippen LogP contribution in [0.4, 0.5) is 10.6 Å². The molecule has 1 heterocycles. The van der Waals surface area contributed by atoms with E-state index in [0.29, 0.717) is 18.5 Å². The Bertz CT molecular complexity index is 763. The molecule has 0 radical (unpaired) electrons. The maximum Gasteiger partial charge on any atom is 0.408 e. The van der Waals surface area contributed by atoms with Gasteiger partial charge in [-0.25, -0.2) is 4.79 Å². The standard InChI is InChI=1S/C19H26N4O3/c1-5-9-14(21-18(25)26-19(2,3)4)17(24)23-16(20)12-15(22-23)13-10-7-6-8-11-13/h6-8,10-12,14H,5,9,20H2,1-4H3,(H,21,25). The van der Waals surface area contributed by atoms with Crippen molar-refractivity contribution in [1.29, 1.82) is 0 Å². The van der Waals surface area contributed by atoms with Gasteiger partial charge in [-0.15, -0.1) is 0 Å². The fourth-order valence-corrected chi connectivity index (χ4v) is 2.47. The Hall–Kier alpha value is -2.83. The van der Waals surface area contributed by atoms with Crippen molar-refractivity contribution in [2.24, 2.45) is 0 Å². The fraction of sp³-hybridized carbons (Fsp3) is 0.421. The van der Waals surface area contributed by atoms with Gasteiger partial charge in [0.05, 0.1) is 5.69 Å². The summed E-state index contributed by atoms with van der Waals surface area (Å²) in [6.45, 7) is 7.22. The molecule has 7 nitrogen and oxygen atoms in total. The third-order valence-electron chi connectivity index (χ3n) is 3.58. The number of anilines is 1. The zero-order valence-electron chi connectivity index (χ0n) is 15.7. The maximum atomic E-state index is 12.9. The minimum atomic E-state index is -0.763. The molecular weight excluding hydrogens is 332 g/mol. The highest BCUT2D eigenvalue weighted by molar-refractivity contribution is 5.89. The smallest absolute Gasteiger partial charge is 0.408 e. The number of nitrogens with zero attached hydrogens (tertiary/aromatic N) is 2. The first-order chi connectivity index (χ1) is 12.2. The van der Waals surface area contributed by atoms with Crippen molar-refractivity contribution in [3.05, 3.63) is 36.4 Å². The van der Waals surface area contributed by atoms with Crippen LogP contribution in [0.15, 0.2) is 36.4 Å². The molecule has 0 saturated carbocycles. The zero-order valence-corrected chi connectivity index (χ0v) is 15.7. The summed E-state index contributed by atoms with van der Waals surface area (Å²) in [4.78, 5) is 24.9. The second kappa shape index (κ2) is 8.03.